The fraction of sp³-hybridized carbons (Fsp3) is 0.429. The van der Waals surface area contributed by atoms with E-state index in [1.807, 2.05) is 42.7 Å². The molecule has 1 fully saturated rings. The second-order valence-electron chi connectivity index (χ2n) is 6.69. The molecular formula is C21H26N2O2S. The van der Waals surface area contributed by atoms with Gasteiger partial charge in [-0.05, 0) is 66.5 Å². The number of carbonyl (C=O) groups is 1. The van der Waals surface area contributed by atoms with Crippen LogP contribution in [-0.2, 0) is 0 Å². The summed E-state index contributed by atoms with van der Waals surface area (Å²) in [5.74, 6) is 1.37. The Morgan fingerprint density at radius 1 is 1.31 bits per heavy atom. The third-order valence-corrected chi connectivity index (χ3v) is 5.35. The highest BCUT2D eigenvalue weighted by molar-refractivity contribution is 8.13. The molecule has 1 amide bonds. The summed E-state index contributed by atoms with van der Waals surface area (Å²) in [6, 6.07) is 11.5. The van der Waals surface area contributed by atoms with Crippen molar-refractivity contribution >= 4 is 33.6 Å². The molecule has 138 valence electrons. The summed E-state index contributed by atoms with van der Waals surface area (Å²) in [5, 5.41) is 2.72. The number of benzene rings is 2. The number of hydrogen-bond donors (Lipinski definition) is 0. The van der Waals surface area contributed by atoms with Gasteiger partial charge in [-0.3, -0.25) is 4.79 Å². The van der Waals surface area contributed by atoms with Gasteiger partial charge in [0.1, 0.15) is 5.75 Å². The van der Waals surface area contributed by atoms with Gasteiger partial charge in [0.25, 0.3) is 5.91 Å². The highest BCUT2D eigenvalue weighted by Gasteiger charge is 2.26. The lowest BCUT2D eigenvalue weighted by molar-refractivity contribution is 0.100. The van der Waals surface area contributed by atoms with E-state index in [0.29, 0.717) is 5.56 Å². The van der Waals surface area contributed by atoms with Gasteiger partial charge in [0.2, 0.25) is 0 Å². The topological polar surface area (TPSA) is 41.9 Å². The van der Waals surface area contributed by atoms with Gasteiger partial charge in [-0.2, -0.15) is 4.99 Å². The zero-order valence-electron chi connectivity index (χ0n) is 15.7. The van der Waals surface area contributed by atoms with Gasteiger partial charge < -0.3 is 9.64 Å². The number of rotatable bonds is 6. The van der Waals surface area contributed by atoms with Crippen LogP contribution in [-0.4, -0.2) is 42.4 Å². The van der Waals surface area contributed by atoms with Crippen LogP contribution in [0.4, 0.5) is 0 Å². The lowest BCUT2D eigenvalue weighted by Crippen LogP contribution is -2.32. The van der Waals surface area contributed by atoms with Crippen molar-refractivity contribution in [2.75, 3.05) is 26.5 Å². The molecule has 5 heteroatoms. The molecule has 1 aliphatic rings. The van der Waals surface area contributed by atoms with E-state index in [0.717, 1.165) is 47.1 Å². The van der Waals surface area contributed by atoms with E-state index in [9.17, 15) is 4.79 Å². The molecule has 26 heavy (non-hydrogen) atoms. The van der Waals surface area contributed by atoms with Crippen LogP contribution in [0.2, 0.25) is 0 Å². The Morgan fingerprint density at radius 3 is 2.77 bits per heavy atom. The summed E-state index contributed by atoms with van der Waals surface area (Å²) in [6.07, 6.45) is 5.63. The molecule has 0 unspecified atom stereocenters. The van der Waals surface area contributed by atoms with E-state index in [2.05, 4.69) is 16.8 Å². The average molecular weight is 371 g/mol. The number of nitrogens with zero attached hydrogens (tertiary/aromatic N) is 2. The first kappa shape index (κ1) is 18.8. The fourth-order valence-electron chi connectivity index (χ4n) is 3.11. The SMILES string of the molecule is CCCN(CC1CC1)C(=NC(=O)c1cccc2cc(OC)ccc12)SC. The van der Waals surface area contributed by atoms with Crippen molar-refractivity contribution in [3.8, 4) is 5.75 Å². The molecule has 0 spiro atoms. The normalized spacial score (nSPS) is 14.5. The maximum Gasteiger partial charge on any atom is 0.280 e. The predicted octanol–water partition coefficient (Wildman–Crippen LogP) is 4.83. The highest BCUT2D eigenvalue weighted by atomic mass is 32.2. The fourth-order valence-corrected chi connectivity index (χ4v) is 3.71. The van der Waals surface area contributed by atoms with Crippen molar-refractivity contribution in [1.29, 1.82) is 0 Å². The first-order valence-corrected chi connectivity index (χ1v) is 10.4. The van der Waals surface area contributed by atoms with E-state index in [1.165, 1.54) is 12.8 Å². The van der Waals surface area contributed by atoms with Crippen molar-refractivity contribution in [3.05, 3.63) is 42.0 Å². The Kier molecular flexibility index (Phi) is 6.20. The third-order valence-electron chi connectivity index (χ3n) is 4.64. The molecule has 1 saturated carbocycles. The Balaban J connectivity index is 1.91. The number of ether oxygens (including phenoxy) is 1. The Labute approximate surface area is 159 Å². The van der Waals surface area contributed by atoms with Crippen LogP contribution in [0.15, 0.2) is 41.4 Å². The van der Waals surface area contributed by atoms with Crippen LogP contribution in [0, 0.1) is 5.92 Å². The summed E-state index contributed by atoms with van der Waals surface area (Å²) in [7, 11) is 1.65. The van der Waals surface area contributed by atoms with Crippen molar-refractivity contribution in [3.63, 3.8) is 0 Å². The number of methoxy groups -OCH3 is 1. The number of carbonyl (C=O) groups excluding carboxylic acids is 1. The summed E-state index contributed by atoms with van der Waals surface area (Å²) in [4.78, 5) is 19.7. The molecule has 0 saturated heterocycles. The minimum Gasteiger partial charge on any atom is -0.497 e. The van der Waals surface area contributed by atoms with Gasteiger partial charge in [0, 0.05) is 18.7 Å². The first-order valence-electron chi connectivity index (χ1n) is 9.15. The lowest BCUT2D eigenvalue weighted by atomic mass is 10.0. The number of fused-ring (bicyclic) bond motifs is 1. The predicted molar refractivity (Wildman–Crippen MR) is 110 cm³/mol. The summed E-state index contributed by atoms with van der Waals surface area (Å²) in [5.41, 5.74) is 0.638. The standard InChI is InChI=1S/C21H26N2O2S/c1-4-12-23(14-15-8-9-15)21(26-3)22-20(24)19-7-5-6-16-13-17(25-2)10-11-18(16)19/h5-7,10-11,13,15H,4,8-9,12,14H2,1-3H3. The van der Waals surface area contributed by atoms with Crippen LogP contribution in [0.3, 0.4) is 0 Å². The van der Waals surface area contributed by atoms with Crippen LogP contribution >= 0.6 is 11.8 Å². The van der Waals surface area contributed by atoms with Crippen LogP contribution in [0.1, 0.15) is 36.5 Å². The van der Waals surface area contributed by atoms with E-state index in [-0.39, 0.29) is 5.91 Å². The summed E-state index contributed by atoms with van der Waals surface area (Å²) >= 11 is 1.56. The molecular weight excluding hydrogens is 344 g/mol. The first-order chi connectivity index (χ1) is 12.7. The Morgan fingerprint density at radius 2 is 2.12 bits per heavy atom. The zero-order chi connectivity index (χ0) is 18.5. The van der Waals surface area contributed by atoms with Crippen LogP contribution < -0.4 is 4.74 Å². The second kappa shape index (κ2) is 8.58. The van der Waals surface area contributed by atoms with E-state index >= 15 is 0 Å². The average Bonchev–Trinajstić information content (AvgIpc) is 3.48. The number of amidine groups is 1. The molecule has 2 aromatic carbocycles. The van der Waals surface area contributed by atoms with E-state index in [1.54, 1.807) is 18.9 Å². The van der Waals surface area contributed by atoms with Crippen LogP contribution in [0.5, 0.6) is 5.75 Å². The van der Waals surface area contributed by atoms with Gasteiger partial charge >= 0.3 is 0 Å². The van der Waals surface area contributed by atoms with Gasteiger partial charge in [-0.1, -0.05) is 30.8 Å². The van der Waals surface area contributed by atoms with Crippen molar-refractivity contribution < 1.29 is 9.53 Å². The number of amides is 1. The maximum atomic E-state index is 12.9. The number of hydrogen-bond acceptors (Lipinski definition) is 3. The lowest BCUT2D eigenvalue weighted by Gasteiger charge is -2.24. The van der Waals surface area contributed by atoms with Crippen molar-refractivity contribution in [1.82, 2.24) is 4.90 Å². The smallest absolute Gasteiger partial charge is 0.280 e. The Hall–Kier alpha value is -2.01. The molecule has 2 aromatic rings. The molecule has 4 nitrogen and oxygen atoms in total. The highest BCUT2D eigenvalue weighted by Crippen LogP contribution is 2.31. The summed E-state index contributed by atoms with van der Waals surface area (Å²) < 4.78 is 5.28. The molecule has 0 N–H and O–H groups in total. The van der Waals surface area contributed by atoms with Gasteiger partial charge in [-0.15, -0.1) is 0 Å². The molecule has 0 bridgehead atoms. The molecule has 0 radical (unpaired) electrons. The van der Waals surface area contributed by atoms with Gasteiger partial charge in [0.15, 0.2) is 5.17 Å². The third kappa shape index (κ3) is 4.39. The zero-order valence-corrected chi connectivity index (χ0v) is 16.5. The van der Waals surface area contributed by atoms with E-state index < -0.39 is 0 Å². The molecule has 3 rings (SSSR count). The molecule has 0 atom stereocenters. The molecule has 0 heterocycles. The minimum atomic E-state index is -0.179. The Bertz CT molecular complexity index is 815. The molecule has 0 aliphatic heterocycles. The maximum absolute atomic E-state index is 12.9. The largest absolute Gasteiger partial charge is 0.497 e. The minimum absolute atomic E-state index is 0.179. The summed E-state index contributed by atoms with van der Waals surface area (Å²) in [6.45, 7) is 4.11. The number of thioether (sulfide) groups is 1. The van der Waals surface area contributed by atoms with Gasteiger partial charge in [-0.25, -0.2) is 0 Å². The van der Waals surface area contributed by atoms with Crippen molar-refractivity contribution in [2.24, 2.45) is 10.9 Å². The van der Waals surface area contributed by atoms with Crippen LogP contribution in [0.25, 0.3) is 10.8 Å². The number of aliphatic imine (C=N–C) groups is 1. The molecule has 0 aromatic heterocycles. The molecule has 1 aliphatic carbocycles. The van der Waals surface area contributed by atoms with Gasteiger partial charge in [0.05, 0.1) is 7.11 Å². The van der Waals surface area contributed by atoms with E-state index in [4.69, 9.17) is 4.74 Å². The van der Waals surface area contributed by atoms with Crippen molar-refractivity contribution in [2.45, 2.75) is 26.2 Å². The quantitative estimate of drug-likeness (QED) is 0.539. The monoisotopic (exact) mass is 370 g/mol. The second-order valence-corrected chi connectivity index (χ2v) is 7.46.